The van der Waals surface area contributed by atoms with Crippen LogP contribution in [0.25, 0.3) is 0 Å². The fraction of sp³-hybridized carbons (Fsp3) is 0.588. The van der Waals surface area contributed by atoms with Gasteiger partial charge < -0.3 is 14.2 Å². The van der Waals surface area contributed by atoms with Crippen LogP contribution in [0.15, 0.2) is 24.3 Å². The molecule has 1 aliphatic carbocycles. The normalized spacial score (nSPS) is 20.8. The van der Waals surface area contributed by atoms with E-state index in [0.717, 1.165) is 37.0 Å². The molecule has 1 saturated carbocycles. The molecule has 1 atom stereocenters. The summed E-state index contributed by atoms with van der Waals surface area (Å²) in [4.78, 5) is 12.4. The third-order valence-corrected chi connectivity index (χ3v) is 4.27. The molecule has 1 aliphatic heterocycles. The maximum Gasteiger partial charge on any atom is 0.309 e. The van der Waals surface area contributed by atoms with Crippen LogP contribution in [0.4, 0.5) is 0 Å². The van der Waals surface area contributed by atoms with E-state index in [-0.39, 0.29) is 18.0 Å². The molecule has 114 valence electrons. The average Bonchev–Trinajstić information content (AvgIpc) is 3.38. The van der Waals surface area contributed by atoms with Crippen LogP contribution < -0.4 is 4.74 Å². The van der Waals surface area contributed by atoms with E-state index in [0.29, 0.717) is 19.1 Å². The fourth-order valence-electron chi connectivity index (χ4n) is 2.81. The maximum absolute atomic E-state index is 12.4. The summed E-state index contributed by atoms with van der Waals surface area (Å²) in [6.07, 6.45) is 3.67. The Morgan fingerprint density at radius 1 is 1.24 bits per heavy atom. The number of rotatable bonds is 5. The molecule has 2 aliphatic rings. The Kier molecular flexibility index (Phi) is 4.44. The van der Waals surface area contributed by atoms with Gasteiger partial charge in [0, 0.05) is 19.1 Å². The zero-order valence-electron chi connectivity index (χ0n) is 12.4. The van der Waals surface area contributed by atoms with Gasteiger partial charge in [0.25, 0.3) is 0 Å². The SMILES string of the molecule is COc1cccc([C@@H](OC(=O)C2CCOCC2)C2CC2)c1. The third-order valence-electron chi connectivity index (χ3n) is 4.27. The zero-order valence-corrected chi connectivity index (χ0v) is 12.4. The van der Waals surface area contributed by atoms with Crippen molar-refractivity contribution in [3.05, 3.63) is 29.8 Å². The summed E-state index contributed by atoms with van der Waals surface area (Å²) < 4.78 is 16.4. The third kappa shape index (κ3) is 3.56. The highest BCUT2D eigenvalue weighted by Gasteiger charge is 2.37. The van der Waals surface area contributed by atoms with E-state index in [1.54, 1.807) is 7.11 Å². The van der Waals surface area contributed by atoms with Crippen molar-refractivity contribution in [3.63, 3.8) is 0 Å². The Morgan fingerprint density at radius 2 is 2.00 bits per heavy atom. The summed E-state index contributed by atoms with van der Waals surface area (Å²) in [7, 11) is 1.65. The summed E-state index contributed by atoms with van der Waals surface area (Å²) in [6.45, 7) is 1.32. The number of carbonyl (C=O) groups excluding carboxylic acids is 1. The second kappa shape index (κ2) is 6.48. The number of hydrogen-bond donors (Lipinski definition) is 0. The highest BCUT2D eigenvalue weighted by atomic mass is 16.5. The van der Waals surface area contributed by atoms with E-state index in [1.165, 1.54) is 0 Å². The number of benzene rings is 1. The van der Waals surface area contributed by atoms with Gasteiger partial charge in [0.15, 0.2) is 0 Å². The first kappa shape index (κ1) is 14.4. The van der Waals surface area contributed by atoms with Gasteiger partial charge in [-0.1, -0.05) is 12.1 Å². The Labute approximate surface area is 125 Å². The Morgan fingerprint density at radius 3 is 2.67 bits per heavy atom. The first-order valence-electron chi connectivity index (χ1n) is 7.70. The molecule has 4 heteroatoms. The van der Waals surface area contributed by atoms with E-state index in [9.17, 15) is 4.79 Å². The fourth-order valence-corrected chi connectivity index (χ4v) is 2.81. The Bertz CT molecular complexity index is 489. The zero-order chi connectivity index (χ0) is 14.7. The van der Waals surface area contributed by atoms with Crippen molar-refractivity contribution in [1.29, 1.82) is 0 Å². The predicted molar refractivity (Wildman–Crippen MR) is 78.1 cm³/mol. The van der Waals surface area contributed by atoms with Crippen LogP contribution >= 0.6 is 0 Å². The van der Waals surface area contributed by atoms with Crippen molar-refractivity contribution in [2.24, 2.45) is 11.8 Å². The number of methoxy groups -OCH3 is 1. The van der Waals surface area contributed by atoms with Gasteiger partial charge in [0.1, 0.15) is 11.9 Å². The van der Waals surface area contributed by atoms with Crippen LogP contribution in [0.3, 0.4) is 0 Å². The number of hydrogen-bond acceptors (Lipinski definition) is 4. The molecule has 0 bridgehead atoms. The lowest BCUT2D eigenvalue weighted by molar-refractivity contribution is -0.158. The second-order valence-electron chi connectivity index (χ2n) is 5.86. The molecule has 1 saturated heterocycles. The van der Waals surface area contributed by atoms with E-state index in [2.05, 4.69) is 0 Å². The van der Waals surface area contributed by atoms with Crippen LogP contribution in [0, 0.1) is 11.8 Å². The van der Waals surface area contributed by atoms with Crippen LogP contribution in [0.5, 0.6) is 5.75 Å². The molecule has 1 aromatic rings. The lowest BCUT2D eigenvalue weighted by Gasteiger charge is -2.24. The molecule has 2 fully saturated rings. The van der Waals surface area contributed by atoms with Gasteiger partial charge in [0.2, 0.25) is 0 Å². The molecule has 1 aromatic carbocycles. The van der Waals surface area contributed by atoms with Crippen molar-refractivity contribution in [2.75, 3.05) is 20.3 Å². The Hall–Kier alpha value is -1.55. The predicted octanol–water partition coefficient (Wildman–Crippen LogP) is 3.12. The molecule has 4 nitrogen and oxygen atoms in total. The highest BCUT2D eigenvalue weighted by molar-refractivity contribution is 5.73. The van der Waals surface area contributed by atoms with Crippen LogP contribution in [-0.4, -0.2) is 26.3 Å². The van der Waals surface area contributed by atoms with Crippen molar-refractivity contribution in [3.8, 4) is 5.75 Å². The molecule has 0 spiro atoms. The molecule has 0 aromatic heterocycles. The summed E-state index contributed by atoms with van der Waals surface area (Å²) in [6, 6.07) is 7.85. The lowest BCUT2D eigenvalue weighted by Crippen LogP contribution is -2.27. The molecule has 0 N–H and O–H groups in total. The molecule has 21 heavy (non-hydrogen) atoms. The van der Waals surface area contributed by atoms with Crippen LogP contribution in [0.1, 0.15) is 37.4 Å². The van der Waals surface area contributed by atoms with Gasteiger partial charge in [-0.05, 0) is 43.4 Å². The minimum absolute atomic E-state index is 0.00870. The van der Waals surface area contributed by atoms with E-state index < -0.39 is 0 Å². The summed E-state index contributed by atoms with van der Waals surface area (Å²) in [5, 5.41) is 0. The summed E-state index contributed by atoms with van der Waals surface area (Å²) in [5.41, 5.74) is 1.04. The number of esters is 1. The van der Waals surface area contributed by atoms with E-state index >= 15 is 0 Å². The van der Waals surface area contributed by atoms with E-state index in [4.69, 9.17) is 14.2 Å². The van der Waals surface area contributed by atoms with Gasteiger partial charge in [0.05, 0.1) is 13.0 Å². The molecule has 3 rings (SSSR count). The number of ether oxygens (including phenoxy) is 3. The molecular weight excluding hydrogens is 268 g/mol. The molecule has 0 unspecified atom stereocenters. The molecule has 1 heterocycles. The summed E-state index contributed by atoms with van der Waals surface area (Å²) >= 11 is 0. The average molecular weight is 290 g/mol. The minimum Gasteiger partial charge on any atom is -0.497 e. The quantitative estimate of drug-likeness (QED) is 0.782. The smallest absolute Gasteiger partial charge is 0.309 e. The van der Waals surface area contributed by atoms with Gasteiger partial charge >= 0.3 is 5.97 Å². The van der Waals surface area contributed by atoms with Crippen molar-refractivity contribution < 1.29 is 19.0 Å². The van der Waals surface area contributed by atoms with Gasteiger partial charge in [-0.25, -0.2) is 0 Å². The molecule has 0 radical (unpaired) electrons. The van der Waals surface area contributed by atoms with Gasteiger partial charge in [-0.15, -0.1) is 0 Å². The first-order valence-corrected chi connectivity index (χ1v) is 7.70. The van der Waals surface area contributed by atoms with Crippen molar-refractivity contribution >= 4 is 5.97 Å². The van der Waals surface area contributed by atoms with Crippen molar-refractivity contribution in [1.82, 2.24) is 0 Å². The highest BCUT2D eigenvalue weighted by Crippen LogP contribution is 2.44. The number of carbonyl (C=O) groups is 1. The van der Waals surface area contributed by atoms with Crippen molar-refractivity contribution in [2.45, 2.75) is 31.8 Å². The van der Waals surface area contributed by atoms with Crippen LogP contribution in [-0.2, 0) is 14.3 Å². The van der Waals surface area contributed by atoms with E-state index in [1.807, 2.05) is 24.3 Å². The maximum atomic E-state index is 12.4. The monoisotopic (exact) mass is 290 g/mol. The minimum atomic E-state index is -0.129. The first-order chi connectivity index (χ1) is 10.3. The van der Waals surface area contributed by atoms with Gasteiger partial charge in [-0.2, -0.15) is 0 Å². The summed E-state index contributed by atoms with van der Waals surface area (Å²) in [5.74, 6) is 1.18. The second-order valence-corrected chi connectivity index (χ2v) is 5.86. The largest absolute Gasteiger partial charge is 0.497 e. The standard InChI is InChI=1S/C17H22O4/c1-19-15-4-2-3-14(11-15)16(12-5-6-12)21-17(18)13-7-9-20-10-8-13/h2-4,11-13,16H,5-10H2,1H3/t16-/m0/s1. The van der Waals surface area contributed by atoms with Crippen LogP contribution in [0.2, 0.25) is 0 Å². The topological polar surface area (TPSA) is 44.8 Å². The molecule has 0 amide bonds. The molecular formula is C17H22O4. The lowest BCUT2D eigenvalue weighted by atomic mass is 10.00. The Balaban J connectivity index is 1.70. The van der Waals surface area contributed by atoms with Gasteiger partial charge in [-0.3, -0.25) is 4.79 Å².